The van der Waals surface area contributed by atoms with Crippen molar-refractivity contribution in [3.8, 4) is 17.2 Å². The number of carbonyl (C=O) groups is 2. The minimum absolute atomic E-state index is 0.0177. The van der Waals surface area contributed by atoms with Crippen LogP contribution in [0.4, 0.5) is 0 Å². The maximum atomic E-state index is 12.7. The van der Waals surface area contributed by atoms with Gasteiger partial charge in [-0.05, 0) is 30.7 Å². The third-order valence-corrected chi connectivity index (χ3v) is 3.66. The summed E-state index contributed by atoms with van der Waals surface area (Å²) in [4.78, 5) is 25.2. The molecule has 0 saturated carbocycles. The SMILES string of the molecule is COc1c(O)ccc2c1C(=O)c1c(ccc(C)c1O)C2=O. The van der Waals surface area contributed by atoms with E-state index in [1.165, 1.54) is 25.3 Å². The van der Waals surface area contributed by atoms with Crippen LogP contribution in [0.15, 0.2) is 24.3 Å². The predicted molar refractivity (Wildman–Crippen MR) is 74.4 cm³/mol. The summed E-state index contributed by atoms with van der Waals surface area (Å²) in [6.45, 7) is 1.64. The molecule has 0 amide bonds. The van der Waals surface area contributed by atoms with Gasteiger partial charge >= 0.3 is 0 Å². The average Bonchev–Trinajstić information content (AvgIpc) is 2.47. The average molecular weight is 284 g/mol. The number of hydrogen-bond donors (Lipinski definition) is 2. The number of hydrogen-bond acceptors (Lipinski definition) is 5. The lowest BCUT2D eigenvalue weighted by Gasteiger charge is -2.21. The van der Waals surface area contributed by atoms with E-state index in [0.29, 0.717) is 5.56 Å². The van der Waals surface area contributed by atoms with Gasteiger partial charge in [-0.25, -0.2) is 0 Å². The molecule has 0 atom stereocenters. The van der Waals surface area contributed by atoms with Crippen molar-refractivity contribution in [3.05, 3.63) is 52.1 Å². The number of phenols is 2. The van der Waals surface area contributed by atoms with Crippen LogP contribution in [0.1, 0.15) is 37.4 Å². The number of aryl methyl sites for hydroxylation is 1. The smallest absolute Gasteiger partial charge is 0.202 e. The molecule has 5 heteroatoms. The van der Waals surface area contributed by atoms with Crippen LogP contribution in [0, 0.1) is 6.92 Å². The van der Waals surface area contributed by atoms with E-state index >= 15 is 0 Å². The van der Waals surface area contributed by atoms with Crippen molar-refractivity contribution in [2.75, 3.05) is 7.11 Å². The van der Waals surface area contributed by atoms with E-state index in [-0.39, 0.29) is 45.3 Å². The molecule has 106 valence electrons. The Morgan fingerprint density at radius 2 is 1.52 bits per heavy atom. The van der Waals surface area contributed by atoms with Crippen LogP contribution in [0.2, 0.25) is 0 Å². The van der Waals surface area contributed by atoms with Gasteiger partial charge in [0, 0.05) is 11.1 Å². The monoisotopic (exact) mass is 284 g/mol. The van der Waals surface area contributed by atoms with Crippen molar-refractivity contribution in [1.82, 2.24) is 0 Å². The molecule has 5 nitrogen and oxygen atoms in total. The molecule has 2 N–H and O–H groups in total. The minimum Gasteiger partial charge on any atom is -0.507 e. The van der Waals surface area contributed by atoms with Gasteiger partial charge in [0.25, 0.3) is 0 Å². The van der Waals surface area contributed by atoms with E-state index in [4.69, 9.17) is 4.74 Å². The molecule has 0 aromatic heterocycles. The number of rotatable bonds is 1. The molecule has 0 radical (unpaired) electrons. The van der Waals surface area contributed by atoms with Crippen LogP contribution >= 0.6 is 0 Å². The Bertz CT molecular complexity index is 805. The Morgan fingerprint density at radius 1 is 0.905 bits per heavy atom. The van der Waals surface area contributed by atoms with Crippen molar-refractivity contribution >= 4 is 11.6 Å². The molecule has 0 heterocycles. The van der Waals surface area contributed by atoms with Crippen LogP contribution < -0.4 is 4.74 Å². The van der Waals surface area contributed by atoms with Gasteiger partial charge in [0.2, 0.25) is 5.78 Å². The second kappa shape index (κ2) is 4.34. The molecule has 0 spiro atoms. The van der Waals surface area contributed by atoms with Gasteiger partial charge < -0.3 is 14.9 Å². The largest absolute Gasteiger partial charge is 0.507 e. The first-order valence-corrected chi connectivity index (χ1v) is 6.29. The van der Waals surface area contributed by atoms with Gasteiger partial charge in [-0.15, -0.1) is 0 Å². The number of ether oxygens (including phenoxy) is 1. The summed E-state index contributed by atoms with van der Waals surface area (Å²) < 4.78 is 5.04. The van der Waals surface area contributed by atoms with Gasteiger partial charge in [-0.2, -0.15) is 0 Å². The van der Waals surface area contributed by atoms with E-state index in [2.05, 4.69) is 0 Å². The number of methoxy groups -OCH3 is 1. The normalized spacial score (nSPS) is 12.9. The maximum absolute atomic E-state index is 12.7. The second-order valence-electron chi connectivity index (χ2n) is 4.85. The Balaban J connectivity index is 2.39. The zero-order valence-corrected chi connectivity index (χ0v) is 11.4. The topological polar surface area (TPSA) is 83.8 Å². The summed E-state index contributed by atoms with van der Waals surface area (Å²) in [6.07, 6.45) is 0. The fourth-order valence-corrected chi connectivity index (χ4v) is 2.58. The van der Waals surface area contributed by atoms with Gasteiger partial charge in [-0.3, -0.25) is 9.59 Å². The molecule has 0 fully saturated rings. The summed E-state index contributed by atoms with van der Waals surface area (Å²) in [5, 5.41) is 19.9. The molecule has 2 aromatic carbocycles. The van der Waals surface area contributed by atoms with E-state index in [1.807, 2.05) is 0 Å². The zero-order chi connectivity index (χ0) is 15.3. The molecule has 0 unspecified atom stereocenters. The Labute approximate surface area is 120 Å². The minimum atomic E-state index is -0.534. The molecule has 1 aliphatic carbocycles. The third-order valence-electron chi connectivity index (χ3n) is 3.66. The number of carbonyl (C=O) groups excluding carboxylic acids is 2. The molecule has 1 aliphatic rings. The highest BCUT2D eigenvalue weighted by molar-refractivity contribution is 6.30. The van der Waals surface area contributed by atoms with E-state index in [0.717, 1.165) is 0 Å². The first-order valence-electron chi connectivity index (χ1n) is 6.29. The van der Waals surface area contributed by atoms with Crippen molar-refractivity contribution in [2.45, 2.75) is 6.92 Å². The highest BCUT2D eigenvalue weighted by Crippen LogP contribution is 2.41. The van der Waals surface area contributed by atoms with Crippen molar-refractivity contribution < 1.29 is 24.5 Å². The molecule has 3 rings (SSSR count). The summed E-state index contributed by atoms with van der Waals surface area (Å²) in [6, 6.07) is 5.80. The van der Waals surface area contributed by atoms with Gasteiger partial charge in [0.05, 0.1) is 18.2 Å². The summed E-state index contributed by atoms with van der Waals surface area (Å²) >= 11 is 0. The third kappa shape index (κ3) is 1.64. The molecule has 0 bridgehead atoms. The van der Waals surface area contributed by atoms with Gasteiger partial charge in [-0.1, -0.05) is 6.07 Å². The summed E-state index contributed by atoms with van der Waals surface area (Å²) in [5.41, 5.74) is 0.749. The fourth-order valence-electron chi connectivity index (χ4n) is 2.58. The molecule has 21 heavy (non-hydrogen) atoms. The Kier molecular flexibility index (Phi) is 2.73. The predicted octanol–water partition coefficient (Wildman–Crippen LogP) is 2.19. The standard InChI is InChI=1S/C16H12O5/c1-7-3-4-8-11(13(7)18)15(20)12-9(14(8)19)5-6-10(17)16(12)21-2/h3-6,17-18H,1-2H3. The lowest BCUT2D eigenvalue weighted by Crippen LogP contribution is -2.22. The lowest BCUT2D eigenvalue weighted by molar-refractivity contribution is 0.0973. The Morgan fingerprint density at radius 3 is 2.19 bits per heavy atom. The maximum Gasteiger partial charge on any atom is 0.202 e. The highest BCUT2D eigenvalue weighted by atomic mass is 16.5. The van der Waals surface area contributed by atoms with Gasteiger partial charge in [0.15, 0.2) is 17.3 Å². The molecule has 0 saturated heterocycles. The number of benzene rings is 2. The van der Waals surface area contributed by atoms with E-state index in [1.54, 1.807) is 13.0 Å². The fraction of sp³-hybridized carbons (Fsp3) is 0.125. The second-order valence-corrected chi connectivity index (χ2v) is 4.85. The molecule has 0 aliphatic heterocycles. The number of aromatic hydroxyl groups is 2. The number of ketones is 2. The molecular weight excluding hydrogens is 272 g/mol. The summed E-state index contributed by atoms with van der Waals surface area (Å²) in [7, 11) is 1.30. The zero-order valence-electron chi connectivity index (χ0n) is 11.4. The van der Waals surface area contributed by atoms with E-state index < -0.39 is 5.78 Å². The van der Waals surface area contributed by atoms with Crippen molar-refractivity contribution in [3.63, 3.8) is 0 Å². The van der Waals surface area contributed by atoms with Crippen molar-refractivity contribution in [2.24, 2.45) is 0 Å². The molecular formula is C16H12O5. The van der Waals surface area contributed by atoms with Gasteiger partial charge in [0.1, 0.15) is 5.75 Å². The summed E-state index contributed by atoms with van der Waals surface area (Å²) in [5.74, 6) is -1.42. The quantitative estimate of drug-likeness (QED) is 0.715. The van der Waals surface area contributed by atoms with Crippen LogP contribution in [-0.2, 0) is 0 Å². The first kappa shape index (κ1) is 13.2. The van der Waals surface area contributed by atoms with Crippen LogP contribution in [0.5, 0.6) is 17.2 Å². The van der Waals surface area contributed by atoms with Crippen LogP contribution in [0.3, 0.4) is 0 Å². The number of phenolic OH excluding ortho intramolecular Hbond substituents is 2. The first-order chi connectivity index (χ1) is 9.97. The lowest BCUT2D eigenvalue weighted by atomic mass is 9.82. The van der Waals surface area contributed by atoms with Crippen LogP contribution in [-0.4, -0.2) is 28.9 Å². The van der Waals surface area contributed by atoms with E-state index in [9.17, 15) is 19.8 Å². The highest BCUT2D eigenvalue weighted by Gasteiger charge is 2.35. The number of fused-ring (bicyclic) bond motifs is 2. The van der Waals surface area contributed by atoms with Crippen molar-refractivity contribution in [1.29, 1.82) is 0 Å². The molecule has 2 aromatic rings. The Hall–Kier alpha value is -2.82. The van der Waals surface area contributed by atoms with Crippen LogP contribution in [0.25, 0.3) is 0 Å².